The summed E-state index contributed by atoms with van der Waals surface area (Å²) in [5.74, 6) is -0.139. The molecule has 0 aliphatic carbocycles. The predicted molar refractivity (Wildman–Crippen MR) is 70.6 cm³/mol. The molecule has 0 saturated carbocycles. The molecule has 6 heteroatoms. The van der Waals surface area contributed by atoms with Crippen LogP contribution in [0.1, 0.15) is 15.9 Å². The topological polar surface area (TPSA) is 86.7 Å². The van der Waals surface area contributed by atoms with Crippen molar-refractivity contribution >= 4 is 22.5 Å². The maximum atomic E-state index is 12.5. The van der Waals surface area contributed by atoms with E-state index in [-0.39, 0.29) is 5.78 Å². The molecule has 0 amide bonds. The van der Waals surface area contributed by atoms with Crippen LogP contribution in [-0.4, -0.2) is 25.3 Å². The first kappa shape index (κ1) is 11.3. The number of nitrogen functional groups attached to an aromatic ring is 1. The smallest absolute Gasteiger partial charge is 0.196 e. The second-order valence-electron chi connectivity index (χ2n) is 4.25. The Morgan fingerprint density at radius 3 is 2.89 bits per heavy atom. The van der Waals surface area contributed by atoms with E-state index >= 15 is 0 Å². The second-order valence-corrected chi connectivity index (χ2v) is 4.25. The van der Waals surface area contributed by atoms with Gasteiger partial charge in [-0.2, -0.15) is 0 Å². The molecule has 6 nitrogen and oxygen atoms in total. The van der Waals surface area contributed by atoms with Crippen molar-refractivity contribution in [2.75, 3.05) is 5.73 Å². The van der Waals surface area contributed by atoms with Crippen LogP contribution in [0, 0.1) is 0 Å². The number of hydrogen-bond acceptors (Lipinski definition) is 5. The molecule has 3 heterocycles. The van der Waals surface area contributed by atoms with Gasteiger partial charge >= 0.3 is 0 Å². The Bertz CT molecular complexity index is 778. The highest BCUT2D eigenvalue weighted by molar-refractivity contribution is 6.16. The van der Waals surface area contributed by atoms with Crippen LogP contribution >= 0.6 is 0 Å². The average molecular weight is 253 g/mol. The highest BCUT2D eigenvalue weighted by Crippen LogP contribution is 2.21. The molecule has 2 N–H and O–H groups in total. The van der Waals surface area contributed by atoms with Gasteiger partial charge < -0.3 is 10.3 Å². The van der Waals surface area contributed by atoms with Crippen LogP contribution in [-0.2, 0) is 7.05 Å². The van der Waals surface area contributed by atoms with Gasteiger partial charge in [-0.05, 0) is 6.07 Å². The third kappa shape index (κ3) is 1.83. The molecule has 3 rings (SSSR count). The Morgan fingerprint density at radius 2 is 2.11 bits per heavy atom. The molecule has 0 atom stereocenters. The van der Waals surface area contributed by atoms with Gasteiger partial charge in [0.15, 0.2) is 5.78 Å². The number of rotatable bonds is 2. The van der Waals surface area contributed by atoms with E-state index in [4.69, 9.17) is 5.73 Å². The molecule has 0 spiro atoms. The fourth-order valence-corrected chi connectivity index (χ4v) is 2.04. The number of ketones is 1. The summed E-state index contributed by atoms with van der Waals surface area (Å²) in [6.45, 7) is 0. The maximum Gasteiger partial charge on any atom is 0.196 e. The van der Waals surface area contributed by atoms with E-state index in [0.29, 0.717) is 16.8 Å². The largest absolute Gasteiger partial charge is 0.397 e. The summed E-state index contributed by atoms with van der Waals surface area (Å²) in [6.07, 6.45) is 7.84. The van der Waals surface area contributed by atoms with Gasteiger partial charge in [-0.1, -0.05) is 0 Å². The molecule has 0 bridgehead atoms. The first-order chi connectivity index (χ1) is 9.16. The molecular weight excluding hydrogens is 242 g/mol. The van der Waals surface area contributed by atoms with Gasteiger partial charge in [0.1, 0.15) is 12.0 Å². The number of fused-ring (bicyclic) bond motifs is 1. The molecule has 94 valence electrons. The minimum atomic E-state index is -0.139. The van der Waals surface area contributed by atoms with Gasteiger partial charge in [-0.25, -0.2) is 9.97 Å². The van der Waals surface area contributed by atoms with Gasteiger partial charge in [-0.3, -0.25) is 9.78 Å². The normalized spacial score (nSPS) is 10.8. The molecule has 3 aromatic rings. The van der Waals surface area contributed by atoms with Gasteiger partial charge in [0.05, 0.1) is 11.3 Å². The molecule has 0 aromatic carbocycles. The zero-order chi connectivity index (χ0) is 13.4. The van der Waals surface area contributed by atoms with Crippen molar-refractivity contribution in [3.05, 3.63) is 48.3 Å². The number of anilines is 1. The Kier molecular flexibility index (Phi) is 2.49. The highest BCUT2D eigenvalue weighted by atomic mass is 16.1. The van der Waals surface area contributed by atoms with Crippen LogP contribution in [0.3, 0.4) is 0 Å². The van der Waals surface area contributed by atoms with E-state index in [9.17, 15) is 4.79 Å². The van der Waals surface area contributed by atoms with Crippen LogP contribution in [0.4, 0.5) is 5.69 Å². The number of carbonyl (C=O) groups is 1. The lowest BCUT2D eigenvalue weighted by atomic mass is 10.1. The number of aromatic nitrogens is 4. The highest BCUT2D eigenvalue weighted by Gasteiger charge is 2.16. The van der Waals surface area contributed by atoms with Crippen molar-refractivity contribution < 1.29 is 4.79 Å². The number of nitrogens with two attached hydrogens (primary N) is 1. The van der Waals surface area contributed by atoms with Crippen LogP contribution in [0.25, 0.3) is 11.0 Å². The first-order valence-corrected chi connectivity index (χ1v) is 5.67. The summed E-state index contributed by atoms with van der Waals surface area (Å²) in [5.41, 5.74) is 7.83. The van der Waals surface area contributed by atoms with E-state index in [1.165, 1.54) is 18.7 Å². The fraction of sp³-hybridized carbons (Fsp3) is 0.0769. The van der Waals surface area contributed by atoms with Gasteiger partial charge in [0.2, 0.25) is 0 Å². The number of hydrogen-bond donors (Lipinski definition) is 1. The van der Waals surface area contributed by atoms with E-state index in [2.05, 4.69) is 15.0 Å². The van der Waals surface area contributed by atoms with Crippen molar-refractivity contribution in [2.45, 2.75) is 0 Å². The zero-order valence-corrected chi connectivity index (χ0v) is 10.2. The van der Waals surface area contributed by atoms with Crippen molar-refractivity contribution in [2.24, 2.45) is 7.05 Å². The Hall–Kier alpha value is -2.76. The Labute approximate surface area is 108 Å². The van der Waals surface area contributed by atoms with E-state index in [1.54, 1.807) is 23.0 Å². The molecule has 0 aliphatic rings. The number of pyridine rings is 1. The summed E-state index contributed by atoms with van der Waals surface area (Å²) >= 11 is 0. The predicted octanol–water partition coefficient (Wildman–Crippen LogP) is 1.18. The summed E-state index contributed by atoms with van der Waals surface area (Å²) in [5, 5.41) is 0.720. The standard InChI is InChI=1S/C13H11N5O/c1-18-6-11(10-5-16-7-17-13(10)18)12(19)8-2-9(14)4-15-3-8/h2-7H,14H2,1H3. The molecule has 0 saturated heterocycles. The lowest BCUT2D eigenvalue weighted by Crippen LogP contribution is -2.02. The molecule has 19 heavy (non-hydrogen) atoms. The molecule has 0 radical (unpaired) electrons. The molecular formula is C13H11N5O. The Morgan fingerprint density at radius 1 is 1.26 bits per heavy atom. The summed E-state index contributed by atoms with van der Waals surface area (Å²) < 4.78 is 1.80. The van der Waals surface area contributed by atoms with Crippen LogP contribution < -0.4 is 5.73 Å². The summed E-state index contributed by atoms with van der Waals surface area (Å²) in [7, 11) is 1.84. The van der Waals surface area contributed by atoms with Crippen LogP contribution in [0.15, 0.2) is 37.2 Å². The average Bonchev–Trinajstić information content (AvgIpc) is 2.76. The summed E-state index contributed by atoms with van der Waals surface area (Å²) in [4.78, 5) is 24.5. The minimum Gasteiger partial charge on any atom is -0.397 e. The SMILES string of the molecule is Cn1cc(C(=O)c2cncc(N)c2)c2cncnc21. The quantitative estimate of drug-likeness (QED) is 0.693. The number of nitrogens with zero attached hydrogens (tertiary/aromatic N) is 4. The van der Waals surface area contributed by atoms with Crippen molar-refractivity contribution in [3.8, 4) is 0 Å². The van der Waals surface area contributed by atoms with Crippen molar-refractivity contribution in [3.63, 3.8) is 0 Å². The van der Waals surface area contributed by atoms with E-state index < -0.39 is 0 Å². The van der Waals surface area contributed by atoms with Gasteiger partial charge in [0.25, 0.3) is 0 Å². The number of aryl methyl sites for hydroxylation is 1. The third-order valence-electron chi connectivity index (χ3n) is 2.90. The molecule has 0 aliphatic heterocycles. The van der Waals surface area contributed by atoms with E-state index in [1.807, 2.05) is 7.05 Å². The minimum absolute atomic E-state index is 0.139. The van der Waals surface area contributed by atoms with Gasteiger partial charge in [0, 0.05) is 42.8 Å². The first-order valence-electron chi connectivity index (χ1n) is 5.67. The molecule has 3 aromatic heterocycles. The zero-order valence-electron chi connectivity index (χ0n) is 10.2. The lowest BCUT2D eigenvalue weighted by molar-refractivity contribution is 0.104. The molecule has 0 fully saturated rings. The third-order valence-corrected chi connectivity index (χ3v) is 2.90. The molecule has 0 unspecified atom stereocenters. The fourth-order valence-electron chi connectivity index (χ4n) is 2.04. The van der Waals surface area contributed by atoms with Crippen LogP contribution in [0.5, 0.6) is 0 Å². The van der Waals surface area contributed by atoms with E-state index in [0.717, 1.165) is 11.0 Å². The van der Waals surface area contributed by atoms with Crippen LogP contribution in [0.2, 0.25) is 0 Å². The Balaban J connectivity index is 2.17. The van der Waals surface area contributed by atoms with Gasteiger partial charge in [-0.15, -0.1) is 0 Å². The van der Waals surface area contributed by atoms with Crippen molar-refractivity contribution in [1.29, 1.82) is 0 Å². The maximum absolute atomic E-state index is 12.5. The second kappa shape index (κ2) is 4.16. The monoisotopic (exact) mass is 253 g/mol. The van der Waals surface area contributed by atoms with Crippen molar-refractivity contribution in [1.82, 2.24) is 19.5 Å². The number of carbonyl (C=O) groups excluding carboxylic acids is 1. The lowest BCUT2D eigenvalue weighted by Gasteiger charge is -1.99. The summed E-state index contributed by atoms with van der Waals surface area (Å²) in [6, 6.07) is 1.61.